The molecular weight excluding hydrogens is 418 g/mol. The van der Waals surface area contributed by atoms with E-state index in [0.29, 0.717) is 13.1 Å². The molecule has 1 aromatic carbocycles. The predicted molar refractivity (Wildman–Crippen MR) is 130 cm³/mol. The molecule has 2 aliphatic rings. The number of carbonyl (C=O) groups excluding carboxylic acids is 2. The molecule has 2 atom stereocenters. The smallest absolute Gasteiger partial charge is 0.239 e. The Bertz CT molecular complexity index is 969. The van der Waals surface area contributed by atoms with Crippen molar-refractivity contribution in [3.63, 3.8) is 0 Å². The van der Waals surface area contributed by atoms with Crippen LogP contribution in [0.2, 0.25) is 0 Å². The zero-order valence-electron chi connectivity index (χ0n) is 19.7. The number of nitrogens with zero attached hydrogens (tertiary/aromatic N) is 3. The van der Waals surface area contributed by atoms with Gasteiger partial charge in [0.2, 0.25) is 11.8 Å². The maximum Gasteiger partial charge on any atom is 0.239 e. The topological polar surface area (TPSA) is 43.9 Å². The second-order valence-corrected chi connectivity index (χ2v) is 10.4. The Morgan fingerprint density at radius 2 is 1.59 bits per heavy atom. The Morgan fingerprint density at radius 1 is 0.906 bits per heavy atom. The van der Waals surface area contributed by atoms with E-state index in [1.807, 2.05) is 35.0 Å². The molecule has 32 heavy (non-hydrogen) atoms. The minimum Gasteiger partial charge on any atom is -0.341 e. The molecule has 2 aromatic rings. The number of hydrogen-bond donors (Lipinski definition) is 0. The van der Waals surface area contributed by atoms with Crippen molar-refractivity contribution in [1.82, 2.24) is 14.7 Å². The Balaban J connectivity index is 1.55. The van der Waals surface area contributed by atoms with Crippen LogP contribution in [-0.2, 0) is 16.0 Å². The van der Waals surface area contributed by atoms with Crippen molar-refractivity contribution >= 4 is 23.2 Å². The minimum absolute atomic E-state index is 0.000739. The molecule has 0 radical (unpaired) electrons. The van der Waals surface area contributed by atoms with Crippen LogP contribution in [0.1, 0.15) is 54.8 Å². The number of rotatable bonds is 4. The third-order valence-electron chi connectivity index (χ3n) is 6.95. The van der Waals surface area contributed by atoms with Gasteiger partial charge < -0.3 is 9.80 Å². The number of thiophene rings is 1. The van der Waals surface area contributed by atoms with E-state index in [0.717, 1.165) is 32.5 Å². The number of fused-ring (bicyclic) bond motifs is 1. The molecule has 0 saturated carbocycles. The largest absolute Gasteiger partial charge is 0.341 e. The molecule has 3 heterocycles. The second-order valence-electron chi connectivity index (χ2n) is 9.38. The molecule has 1 saturated heterocycles. The van der Waals surface area contributed by atoms with Crippen LogP contribution in [0, 0.1) is 12.8 Å². The predicted octanol–water partition coefficient (Wildman–Crippen LogP) is 4.11. The molecule has 1 fully saturated rings. The van der Waals surface area contributed by atoms with E-state index < -0.39 is 0 Å². The van der Waals surface area contributed by atoms with Gasteiger partial charge in [0, 0.05) is 43.5 Å². The fraction of sp³-hybridized carbons (Fsp3) is 0.538. The van der Waals surface area contributed by atoms with Gasteiger partial charge in [-0.15, -0.1) is 11.3 Å². The molecule has 0 N–H and O–H groups in total. The summed E-state index contributed by atoms with van der Waals surface area (Å²) in [6.45, 7) is 11.7. The molecule has 0 spiro atoms. The van der Waals surface area contributed by atoms with Crippen LogP contribution in [0.15, 0.2) is 35.7 Å². The Hall–Kier alpha value is -2.18. The molecule has 172 valence electrons. The molecule has 6 heteroatoms. The van der Waals surface area contributed by atoms with Crippen molar-refractivity contribution in [2.45, 2.75) is 52.6 Å². The average molecular weight is 454 g/mol. The van der Waals surface area contributed by atoms with Gasteiger partial charge in [0.05, 0.1) is 12.1 Å². The van der Waals surface area contributed by atoms with Crippen LogP contribution in [-0.4, -0.2) is 65.3 Å². The lowest BCUT2D eigenvalue weighted by atomic mass is 9.89. The van der Waals surface area contributed by atoms with E-state index in [-0.39, 0.29) is 29.8 Å². The monoisotopic (exact) mass is 453 g/mol. The van der Waals surface area contributed by atoms with Crippen molar-refractivity contribution in [3.8, 4) is 0 Å². The van der Waals surface area contributed by atoms with Crippen molar-refractivity contribution in [3.05, 3.63) is 57.3 Å². The molecule has 5 nitrogen and oxygen atoms in total. The summed E-state index contributed by atoms with van der Waals surface area (Å²) in [6, 6.07) is 10.7. The number of amides is 2. The van der Waals surface area contributed by atoms with Gasteiger partial charge >= 0.3 is 0 Å². The van der Waals surface area contributed by atoms with Crippen LogP contribution in [0.3, 0.4) is 0 Å². The van der Waals surface area contributed by atoms with Crippen molar-refractivity contribution in [1.29, 1.82) is 0 Å². The van der Waals surface area contributed by atoms with Crippen molar-refractivity contribution in [2.75, 3.05) is 32.7 Å². The summed E-state index contributed by atoms with van der Waals surface area (Å²) in [5.41, 5.74) is 3.90. The highest BCUT2D eigenvalue weighted by Crippen LogP contribution is 2.40. The van der Waals surface area contributed by atoms with E-state index in [4.69, 9.17) is 0 Å². The zero-order chi connectivity index (χ0) is 22.8. The molecular formula is C26H35N3O2S. The lowest BCUT2D eigenvalue weighted by molar-refractivity contribution is -0.138. The van der Waals surface area contributed by atoms with Gasteiger partial charge in [0.1, 0.15) is 0 Å². The summed E-state index contributed by atoms with van der Waals surface area (Å²) in [7, 11) is 0. The summed E-state index contributed by atoms with van der Waals surface area (Å²) in [4.78, 5) is 33.8. The highest BCUT2D eigenvalue weighted by Gasteiger charge is 2.37. The maximum absolute atomic E-state index is 13.7. The van der Waals surface area contributed by atoms with Gasteiger partial charge in [-0.2, -0.15) is 0 Å². The van der Waals surface area contributed by atoms with E-state index in [1.165, 1.54) is 21.6 Å². The molecule has 0 aliphatic carbocycles. The van der Waals surface area contributed by atoms with E-state index in [2.05, 4.69) is 54.5 Å². The van der Waals surface area contributed by atoms with Gasteiger partial charge in [-0.3, -0.25) is 14.5 Å². The van der Waals surface area contributed by atoms with Gasteiger partial charge in [0.15, 0.2) is 0 Å². The van der Waals surface area contributed by atoms with Crippen LogP contribution >= 0.6 is 11.3 Å². The average Bonchev–Trinajstić information content (AvgIpc) is 3.13. The fourth-order valence-corrected chi connectivity index (χ4v) is 6.03. The highest BCUT2D eigenvalue weighted by atomic mass is 32.1. The van der Waals surface area contributed by atoms with Gasteiger partial charge in [0.25, 0.3) is 0 Å². The van der Waals surface area contributed by atoms with Crippen molar-refractivity contribution < 1.29 is 9.59 Å². The Labute approximate surface area is 196 Å². The first-order valence-electron chi connectivity index (χ1n) is 11.8. The third-order valence-corrected chi connectivity index (χ3v) is 7.95. The minimum atomic E-state index is -0.208. The zero-order valence-corrected chi connectivity index (χ0v) is 20.5. The number of carbonyl (C=O) groups is 2. The second kappa shape index (κ2) is 9.75. The molecule has 1 aromatic heterocycles. The van der Waals surface area contributed by atoms with E-state index in [1.54, 1.807) is 0 Å². The SMILES string of the molecule is Cc1ccccc1[C@H]1c2ccsc2CCN1[C@H](C)C(=O)N1CCCN(C(=O)C(C)C)CC1. The van der Waals surface area contributed by atoms with Crippen LogP contribution in [0.25, 0.3) is 0 Å². The molecule has 2 amide bonds. The summed E-state index contributed by atoms with van der Waals surface area (Å²) >= 11 is 1.83. The van der Waals surface area contributed by atoms with Gasteiger partial charge in [-0.05, 0) is 54.8 Å². The van der Waals surface area contributed by atoms with Crippen LogP contribution in [0.4, 0.5) is 0 Å². The van der Waals surface area contributed by atoms with Crippen LogP contribution < -0.4 is 0 Å². The first kappa shape index (κ1) is 23.0. The first-order chi connectivity index (χ1) is 15.4. The van der Waals surface area contributed by atoms with Crippen molar-refractivity contribution in [2.24, 2.45) is 5.92 Å². The maximum atomic E-state index is 13.7. The Kier molecular flexibility index (Phi) is 7.01. The van der Waals surface area contributed by atoms with Gasteiger partial charge in [-0.25, -0.2) is 0 Å². The number of aryl methyl sites for hydroxylation is 1. The summed E-state index contributed by atoms with van der Waals surface area (Å²) in [6.07, 6.45) is 1.83. The fourth-order valence-electron chi connectivity index (χ4n) is 5.12. The summed E-state index contributed by atoms with van der Waals surface area (Å²) in [5, 5.41) is 2.18. The van der Waals surface area contributed by atoms with Gasteiger partial charge in [-0.1, -0.05) is 38.1 Å². The summed E-state index contributed by atoms with van der Waals surface area (Å²) in [5.74, 6) is 0.369. The number of benzene rings is 1. The highest BCUT2D eigenvalue weighted by molar-refractivity contribution is 7.10. The standard InChI is InChI=1S/C26H35N3O2S/c1-18(2)25(30)27-12-7-13-28(16-15-27)26(31)20(4)29-14-10-23-22(11-17-32-23)24(29)21-9-6-5-8-19(21)3/h5-6,8-9,11,17-18,20,24H,7,10,12-16H2,1-4H3/t20-,24+/m1/s1. The number of hydrogen-bond acceptors (Lipinski definition) is 4. The van der Waals surface area contributed by atoms with Crippen LogP contribution in [0.5, 0.6) is 0 Å². The first-order valence-corrected chi connectivity index (χ1v) is 12.7. The summed E-state index contributed by atoms with van der Waals surface area (Å²) < 4.78 is 0. The molecule has 0 bridgehead atoms. The molecule has 0 unspecified atom stereocenters. The normalized spacial score (nSPS) is 20.7. The quantitative estimate of drug-likeness (QED) is 0.700. The molecule has 4 rings (SSSR count). The lowest BCUT2D eigenvalue weighted by Gasteiger charge is -2.41. The Morgan fingerprint density at radius 3 is 2.28 bits per heavy atom. The van der Waals surface area contributed by atoms with E-state index in [9.17, 15) is 9.59 Å². The third kappa shape index (κ3) is 4.48. The van der Waals surface area contributed by atoms with E-state index >= 15 is 0 Å². The molecule has 2 aliphatic heterocycles. The lowest BCUT2D eigenvalue weighted by Crippen LogP contribution is -2.51.